The molecule has 2 N–H and O–H groups in total. The minimum atomic E-state index is 0.0799. The van der Waals surface area contributed by atoms with Crippen LogP contribution in [-0.2, 0) is 11.2 Å². The van der Waals surface area contributed by atoms with Gasteiger partial charge in [-0.15, -0.1) is 0 Å². The summed E-state index contributed by atoms with van der Waals surface area (Å²) in [5, 5.41) is 6.87. The standard InChI is InChI=1S/C25H30N2O/c28-24(17-26-25-14-19-10-20(15-25)12-21(11-19)16-25)27-23-9-5-4-8-22(23)13-18-6-2-1-3-7-18/h1-9,19-21,26H,10-17H2,(H,27,28). The summed E-state index contributed by atoms with van der Waals surface area (Å²) in [6.07, 6.45) is 8.95. The molecule has 0 aromatic heterocycles. The normalized spacial score (nSPS) is 30.4. The van der Waals surface area contributed by atoms with Gasteiger partial charge in [0.05, 0.1) is 6.54 Å². The van der Waals surface area contributed by atoms with Gasteiger partial charge in [0.25, 0.3) is 0 Å². The molecule has 28 heavy (non-hydrogen) atoms. The molecule has 4 saturated carbocycles. The Kier molecular flexibility index (Phi) is 4.72. The van der Waals surface area contributed by atoms with Gasteiger partial charge in [-0.1, -0.05) is 48.5 Å². The van der Waals surface area contributed by atoms with E-state index in [1.165, 1.54) is 44.1 Å². The predicted molar refractivity (Wildman–Crippen MR) is 113 cm³/mol. The molecule has 146 valence electrons. The Morgan fingerprint density at radius 1 is 0.857 bits per heavy atom. The molecular formula is C25H30N2O. The fraction of sp³-hybridized carbons (Fsp3) is 0.480. The Balaban J connectivity index is 1.22. The lowest BCUT2D eigenvalue weighted by atomic mass is 9.53. The van der Waals surface area contributed by atoms with Crippen molar-refractivity contribution in [3.63, 3.8) is 0 Å². The van der Waals surface area contributed by atoms with Gasteiger partial charge in [0, 0.05) is 11.2 Å². The van der Waals surface area contributed by atoms with Crippen molar-refractivity contribution in [2.24, 2.45) is 17.8 Å². The zero-order chi connectivity index (χ0) is 19.0. The lowest BCUT2D eigenvalue weighted by Crippen LogP contribution is -2.59. The van der Waals surface area contributed by atoms with Crippen LogP contribution in [0.4, 0.5) is 5.69 Å². The second-order valence-corrected chi connectivity index (χ2v) is 9.42. The van der Waals surface area contributed by atoms with Gasteiger partial charge in [-0.05, 0) is 79.9 Å². The molecule has 0 heterocycles. The van der Waals surface area contributed by atoms with Gasteiger partial charge in [0.1, 0.15) is 0 Å². The highest BCUT2D eigenvalue weighted by atomic mass is 16.1. The van der Waals surface area contributed by atoms with Crippen molar-refractivity contribution in [1.29, 1.82) is 0 Å². The van der Waals surface area contributed by atoms with Gasteiger partial charge in [-0.2, -0.15) is 0 Å². The second-order valence-electron chi connectivity index (χ2n) is 9.42. The number of anilines is 1. The number of hydrogen-bond acceptors (Lipinski definition) is 2. The van der Waals surface area contributed by atoms with Crippen LogP contribution in [0.15, 0.2) is 54.6 Å². The smallest absolute Gasteiger partial charge is 0.238 e. The Morgan fingerprint density at radius 2 is 1.46 bits per heavy atom. The second kappa shape index (κ2) is 7.36. The number of carbonyl (C=O) groups excluding carboxylic acids is 1. The summed E-state index contributed by atoms with van der Waals surface area (Å²) in [6, 6.07) is 18.6. The van der Waals surface area contributed by atoms with Crippen LogP contribution in [0.25, 0.3) is 0 Å². The molecule has 0 atom stereocenters. The van der Waals surface area contributed by atoms with Crippen molar-refractivity contribution in [2.75, 3.05) is 11.9 Å². The fourth-order valence-electron chi connectivity index (χ4n) is 6.40. The maximum atomic E-state index is 12.7. The van der Waals surface area contributed by atoms with Crippen molar-refractivity contribution in [3.8, 4) is 0 Å². The zero-order valence-corrected chi connectivity index (χ0v) is 16.5. The third-order valence-corrected chi connectivity index (χ3v) is 7.19. The van der Waals surface area contributed by atoms with E-state index in [1.807, 2.05) is 24.3 Å². The van der Waals surface area contributed by atoms with Crippen molar-refractivity contribution >= 4 is 11.6 Å². The summed E-state index contributed by atoms with van der Waals surface area (Å²) in [5.74, 6) is 2.77. The molecule has 2 aromatic rings. The van der Waals surface area contributed by atoms with Crippen molar-refractivity contribution in [1.82, 2.24) is 5.32 Å². The Hall–Kier alpha value is -2.13. The van der Waals surface area contributed by atoms with E-state index >= 15 is 0 Å². The first-order valence-electron chi connectivity index (χ1n) is 10.8. The SMILES string of the molecule is O=C(CNC12CC3CC(CC(C3)C1)C2)Nc1ccccc1Cc1ccccc1. The molecule has 0 unspecified atom stereocenters. The third-order valence-electron chi connectivity index (χ3n) is 7.19. The fourth-order valence-corrected chi connectivity index (χ4v) is 6.40. The van der Waals surface area contributed by atoms with Crippen molar-refractivity contribution in [3.05, 3.63) is 65.7 Å². The van der Waals surface area contributed by atoms with Crippen LogP contribution < -0.4 is 10.6 Å². The average molecular weight is 375 g/mol. The highest BCUT2D eigenvalue weighted by Gasteiger charge is 2.50. The number of carbonyl (C=O) groups is 1. The molecule has 1 amide bonds. The average Bonchev–Trinajstić information content (AvgIpc) is 2.68. The van der Waals surface area contributed by atoms with Gasteiger partial charge in [0.2, 0.25) is 5.91 Å². The van der Waals surface area contributed by atoms with Gasteiger partial charge >= 0.3 is 0 Å². The first kappa shape index (κ1) is 17.9. The minimum absolute atomic E-state index is 0.0799. The van der Waals surface area contributed by atoms with Gasteiger partial charge in [-0.3, -0.25) is 4.79 Å². The van der Waals surface area contributed by atoms with Gasteiger partial charge in [0.15, 0.2) is 0 Å². The molecule has 0 spiro atoms. The van der Waals surface area contributed by atoms with Crippen molar-refractivity contribution in [2.45, 2.75) is 50.5 Å². The lowest BCUT2D eigenvalue weighted by molar-refractivity contribution is -0.116. The molecule has 4 aliphatic carbocycles. The molecule has 3 nitrogen and oxygen atoms in total. The summed E-state index contributed by atoms with van der Waals surface area (Å²) in [6.45, 7) is 0.422. The van der Waals surface area contributed by atoms with E-state index in [-0.39, 0.29) is 11.4 Å². The molecular weight excluding hydrogens is 344 g/mol. The number of nitrogens with one attached hydrogen (secondary N) is 2. The molecule has 0 aliphatic heterocycles. The summed E-state index contributed by atoms with van der Waals surface area (Å²) in [4.78, 5) is 12.7. The van der Waals surface area contributed by atoms with Crippen LogP contribution in [0.5, 0.6) is 0 Å². The summed E-state index contributed by atoms with van der Waals surface area (Å²) in [7, 11) is 0. The number of hydrogen-bond donors (Lipinski definition) is 2. The van der Waals surface area contributed by atoms with Crippen LogP contribution >= 0.6 is 0 Å². The number of rotatable bonds is 6. The largest absolute Gasteiger partial charge is 0.325 e. The number of benzene rings is 2. The summed E-state index contributed by atoms with van der Waals surface area (Å²) >= 11 is 0. The molecule has 0 saturated heterocycles. The van der Waals surface area contributed by atoms with Gasteiger partial charge in [-0.25, -0.2) is 0 Å². The molecule has 6 rings (SSSR count). The summed E-state index contributed by atoms with van der Waals surface area (Å²) in [5.41, 5.74) is 3.59. The minimum Gasteiger partial charge on any atom is -0.325 e. The topological polar surface area (TPSA) is 41.1 Å². The Bertz CT molecular complexity index is 809. The van der Waals surface area contributed by atoms with Crippen LogP contribution in [-0.4, -0.2) is 18.0 Å². The van der Waals surface area contributed by atoms with E-state index in [2.05, 4.69) is 41.0 Å². The van der Waals surface area contributed by atoms with E-state index in [0.717, 1.165) is 35.4 Å². The van der Waals surface area contributed by atoms with E-state index in [0.29, 0.717) is 6.54 Å². The van der Waals surface area contributed by atoms with Crippen LogP contribution in [0.2, 0.25) is 0 Å². The maximum Gasteiger partial charge on any atom is 0.238 e. The number of para-hydroxylation sites is 1. The van der Waals surface area contributed by atoms with E-state index in [1.54, 1.807) is 0 Å². The van der Waals surface area contributed by atoms with Crippen molar-refractivity contribution < 1.29 is 4.79 Å². The van der Waals surface area contributed by atoms with E-state index in [9.17, 15) is 4.79 Å². The highest BCUT2D eigenvalue weighted by Crippen LogP contribution is 2.55. The monoisotopic (exact) mass is 374 g/mol. The molecule has 4 aliphatic rings. The first-order chi connectivity index (χ1) is 13.7. The van der Waals surface area contributed by atoms with E-state index < -0.39 is 0 Å². The van der Waals surface area contributed by atoms with Crippen LogP contribution in [0.1, 0.15) is 49.7 Å². The summed E-state index contributed by atoms with van der Waals surface area (Å²) < 4.78 is 0. The zero-order valence-electron chi connectivity index (χ0n) is 16.5. The van der Waals surface area contributed by atoms with E-state index in [4.69, 9.17) is 0 Å². The van der Waals surface area contributed by atoms with Crippen LogP contribution in [0.3, 0.4) is 0 Å². The molecule has 2 aromatic carbocycles. The lowest BCUT2D eigenvalue weighted by Gasteiger charge is -2.57. The quantitative estimate of drug-likeness (QED) is 0.764. The maximum absolute atomic E-state index is 12.7. The molecule has 4 bridgehead atoms. The third kappa shape index (κ3) is 3.73. The molecule has 4 fully saturated rings. The highest BCUT2D eigenvalue weighted by molar-refractivity contribution is 5.93. The first-order valence-corrected chi connectivity index (χ1v) is 10.8. The predicted octanol–water partition coefficient (Wildman–Crippen LogP) is 4.77. The van der Waals surface area contributed by atoms with Gasteiger partial charge < -0.3 is 10.6 Å². The molecule has 0 radical (unpaired) electrons. The molecule has 3 heteroatoms. The Morgan fingerprint density at radius 3 is 2.14 bits per heavy atom. The number of amides is 1. The Labute approximate surface area is 167 Å². The van der Waals surface area contributed by atoms with Crippen LogP contribution in [0, 0.1) is 17.8 Å².